The summed E-state index contributed by atoms with van der Waals surface area (Å²) in [5, 5.41) is 2.38. The first-order chi connectivity index (χ1) is 15.4. The molecule has 0 saturated heterocycles. The van der Waals surface area contributed by atoms with Crippen LogP contribution in [-0.4, -0.2) is 31.7 Å². The number of benzene rings is 1. The molecule has 0 aliphatic heterocycles. The third kappa shape index (κ3) is 4.13. The van der Waals surface area contributed by atoms with Gasteiger partial charge in [0, 0.05) is 29.1 Å². The maximum Gasteiger partial charge on any atom is 0.272 e. The Labute approximate surface area is 193 Å². The molecule has 1 amide bonds. The molecule has 4 rings (SSSR count). The highest BCUT2D eigenvalue weighted by molar-refractivity contribution is 7.99. The van der Waals surface area contributed by atoms with E-state index in [-0.39, 0.29) is 23.0 Å². The average Bonchev–Trinajstić information content (AvgIpc) is 3.38. The molecule has 1 N–H and O–H groups in total. The van der Waals surface area contributed by atoms with Gasteiger partial charge >= 0.3 is 0 Å². The van der Waals surface area contributed by atoms with Crippen molar-refractivity contribution in [3.05, 3.63) is 80.7 Å². The number of fused-ring (bicyclic) bond motifs is 1. The third-order valence-corrected chi connectivity index (χ3v) is 7.03. The van der Waals surface area contributed by atoms with Crippen molar-refractivity contribution in [2.75, 3.05) is 11.2 Å². The zero-order valence-corrected chi connectivity index (χ0v) is 19.5. The topological polar surface area (TPSA) is 86.0 Å². The van der Waals surface area contributed by atoms with Gasteiger partial charge in [0.1, 0.15) is 4.70 Å². The average molecular weight is 467 g/mol. The number of hydrogen-bond donors (Lipinski definition) is 1. The summed E-state index contributed by atoms with van der Waals surface area (Å²) in [5.74, 6) is -0.203. The number of nitrogens with one attached hydrogen (secondary N) is 1. The summed E-state index contributed by atoms with van der Waals surface area (Å²) in [5.41, 5.74) is 5.91. The number of aryl methyl sites for hydroxylation is 1. The summed E-state index contributed by atoms with van der Waals surface area (Å²) in [7, 11) is 0. The lowest BCUT2D eigenvalue weighted by atomic mass is 10.2. The lowest BCUT2D eigenvalue weighted by Gasteiger charge is -2.12. The summed E-state index contributed by atoms with van der Waals surface area (Å²) in [6, 6.07) is 12.5. The van der Waals surface area contributed by atoms with Crippen molar-refractivity contribution in [2.45, 2.75) is 32.5 Å². The Balaban J connectivity index is 1.54. The molecular weight excluding hydrogens is 444 g/mol. The second-order valence-corrected chi connectivity index (χ2v) is 9.08. The number of rotatable bonds is 7. The Kier molecular flexibility index (Phi) is 6.29. The Morgan fingerprint density at radius 3 is 2.62 bits per heavy atom. The molecule has 3 aromatic heterocycles. The Hall–Kier alpha value is -3.17. The monoisotopic (exact) mass is 466 g/mol. The van der Waals surface area contributed by atoms with Gasteiger partial charge in [-0.1, -0.05) is 30.0 Å². The van der Waals surface area contributed by atoms with Crippen molar-refractivity contribution in [1.82, 2.24) is 14.2 Å². The molecule has 0 aliphatic carbocycles. The van der Waals surface area contributed by atoms with Crippen LogP contribution in [0.4, 0.5) is 0 Å². The van der Waals surface area contributed by atoms with E-state index >= 15 is 0 Å². The fraction of sp³-hybridized carbons (Fsp3) is 0.217. The van der Waals surface area contributed by atoms with Crippen LogP contribution in [0.2, 0.25) is 0 Å². The molecule has 0 spiro atoms. The number of thiophene rings is 1. The number of amides is 1. The van der Waals surface area contributed by atoms with Crippen LogP contribution in [-0.2, 0) is 6.54 Å². The maximum atomic E-state index is 13.0. The zero-order valence-electron chi connectivity index (χ0n) is 17.9. The summed E-state index contributed by atoms with van der Waals surface area (Å²) >= 11 is 2.63. The van der Waals surface area contributed by atoms with Crippen molar-refractivity contribution in [3.8, 4) is 0 Å². The largest absolute Gasteiger partial charge is 0.293 e. The number of ketones is 1. The van der Waals surface area contributed by atoms with E-state index in [1.54, 1.807) is 46.5 Å². The fourth-order valence-corrected chi connectivity index (χ4v) is 5.22. The Morgan fingerprint density at radius 2 is 1.91 bits per heavy atom. The number of Topliss-reactive ketones (excluding diaryl/α,β-unsaturated/α-hetero) is 1. The minimum Gasteiger partial charge on any atom is -0.293 e. The molecule has 4 aromatic rings. The Bertz CT molecular complexity index is 1370. The van der Waals surface area contributed by atoms with Crippen LogP contribution < -0.4 is 11.0 Å². The molecule has 0 aliphatic rings. The van der Waals surface area contributed by atoms with Gasteiger partial charge in [0.05, 0.1) is 11.3 Å². The minimum absolute atomic E-state index is 0.0794. The zero-order chi connectivity index (χ0) is 22.8. The molecule has 0 bridgehead atoms. The SMILES string of the molecule is CCn1c(SCC(=O)c2cc(C)n(NC(=O)c3ccccc3)c2C)nc2ccsc2c1=O. The van der Waals surface area contributed by atoms with E-state index in [4.69, 9.17) is 0 Å². The second kappa shape index (κ2) is 9.13. The van der Waals surface area contributed by atoms with E-state index < -0.39 is 0 Å². The van der Waals surface area contributed by atoms with Gasteiger partial charge in [-0.15, -0.1) is 11.3 Å². The molecule has 0 atom stereocenters. The van der Waals surface area contributed by atoms with Gasteiger partial charge in [-0.05, 0) is 50.4 Å². The van der Waals surface area contributed by atoms with Crippen molar-refractivity contribution in [2.24, 2.45) is 0 Å². The normalized spacial score (nSPS) is 11.1. The molecular formula is C23H22N4O3S2. The fourth-order valence-electron chi connectivity index (χ4n) is 3.49. The predicted octanol–water partition coefficient (Wildman–Crippen LogP) is 4.26. The van der Waals surface area contributed by atoms with Crippen molar-refractivity contribution < 1.29 is 9.59 Å². The molecule has 0 unspecified atom stereocenters. The second-order valence-electron chi connectivity index (χ2n) is 7.22. The summed E-state index contributed by atoms with van der Waals surface area (Å²) in [6.45, 7) is 6.00. The van der Waals surface area contributed by atoms with Crippen LogP contribution in [0.1, 0.15) is 39.0 Å². The summed E-state index contributed by atoms with van der Waals surface area (Å²) in [6.07, 6.45) is 0. The highest BCUT2D eigenvalue weighted by atomic mass is 32.2. The summed E-state index contributed by atoms with van der Waals surface area (Å²) < 4.78 is 3.85. The first kappa shape index (κ1) is 22.0. The van der Waals surface area contributed by atoms with Crippen LogP contribution in [0, 0.1) is 13.8 Å². The van der Waals surface area contributed by atoms with Crippen LogP contribution in [0.3, 0.4) is 0 Å². The van der Waals surface area contributed by atoms with Gasteiger partial charge in [-0.3, -0.25) is 29.1 Å². The van der Waals surface area contributed by atoms with E-state index in [1.165, 1.54) is 23.1 Å². The number of carbonyl (C=O) groups excluding carboxylic acids is 2. The molecule has 164 valence electrons. The lowest BCUT2D eigenvalue weighted by Crippen LogP contribution is -2.25. The quantitative estimate of drug-likeness (QED) is 0.250. The standard InChI is InChI=1S/C23H22N4O3S2/c1-4-26-22(30)20-18(10-11-31-20)24-23(26)32-13-19(28)17-12-14(2)27(15(17)3)25-21(29)16-8-6-5-7-9-16/h5-12H,4,13H2,1-3H3,(H,25,29). The highest BCUT2D eigenvalue weighted by Gasteiger charge is 2.19. The van der Waals surface area contributed by atoms with Crippen molar-refractivity contribution in [1.29, 1.82) is 0 Å². The van der Waals surface area contributed by atoms with Gasteiger partial charge in [-0.25, -0.2) is 4.98 Å². The van der Waals surface area contributed by atoms with E-state index in [1.807, 2.05) is 31.4 Å². The van der Waals surface area contributed by atoms with Gasteiger partial charge in [0.2, 0.25) is 0 Å². The van der Waals surface area contributed by atoms with Crippen molar-refractivity contribution in [3.63, 3.8) is 0 Å². The molecule has 3 heterocycles. The van der Waals surface area contributed by atoms with Crippen LogP contribution in [0.25, 0.3) is 10.2 Å². The van der Waals surface area contributed by atoms with Crippen LogP contribution in [0.5, 0.6) is 0 Å². The van der Waals surface area contributed by atoms with E-state index in [2.05, 4.69) is 10.4 Å². The van der Waals surface area contributed by atoms with E-state index in [0.717, 1.165) is 5.69 Å². The summed E-state index contributed by atoms with van der Waals surface area (Å²) in [4.78, 5) is 42.8. The minimum atomic E-state index is -0.249. The molecule has 0 saturated carbocycles. The van der Waals surface area contributed by atoms with Crippen LogP contribution >= 0.6 is 23.1 Å². The van der Waals surface area contributed by atoms with Crippen LogP contribution in [0.15, 0.2) is 57.8 Å². The molecule has 9 heteroatoms. The molecule has 7 nitrogen and oxygen atoms in total. The van der Waals surface area contributed by atoms with Gasteiger partial charge in [0.15, 0.2) is 10.9 Å². The maximum absolute atomic E-state index is 13.0. The number of thioether (sulfide) groups is 1. The van der Waals surface area contributed by atoms with Gasteiger partial charge in [-0.2, -0.15) is 0 Å². The number of hydrogen-bond acceptors (Lipinski definition) is 6. The smallest absolute Gasteiger partial charge is 0.272 e. The molecule has 1 aromatic carbocycles. The first-order valence-corrected chi connectivity index (χ1v) is 12.0. The van der Waals surface area contributed by atoms with Crippen molar-refractivity contribution >= 4 is 45.0 Å². The van der Waals surface area contributed by atoms with Gasteiger partial charge in [0.25, 0.3) is 11.5 Å². The first-order valence-electron chi connectivity index (χ1n) is 10.1. The van der Waals surface area contributed by atoms with Gasteiger partial charge < -0.3 is 0 Å². The Morgan fingerprint density at radius 1 is 1.16 bits per heavy atom. The van der Waals surface area contributed by atoms with E-state index in [0.29, 0.717) is 38.7 Å². The van der Waals surface area contributed by atoms with E-state index in [9.17, 15) is 14.4 Å². The third-order valence-electron chi connectivity index (χ3n) is 5.16. The highest BCUT2D eigenvalue weighted by Crippen LogP contribution is 2.23. The lowest BCUT2D eigenvalue weighted by molar-refractivity contribution is 0.0999. The number of nitrogens with zero attached hydrogens (tertiary/aromatic N) is 3. The molecule has 0 radical (unpaired) electrons. The number of carbonyl (C=O) groups is 2. The molecule has 32 heavy (non-hydrogen) atoms. The molecule has 0 fully saturated rings. The predicted molar refractivity (Wildman–Crippen MR) is 129 cm³/mol. The number of aromatic nitrogens is 3.